The van der Waals surface area contributed by atoms with Crippen molar-refractivity contribution >= 4 is 34.1 Å². The van der Waals surface area contributed by atoms with E-state index in [9.17, 15) is 0 Å². The quantitative estimate of drug-likeness (QED) is 0.123. The van der Waals surface area contributed by atoms with Gasteiger partial charge in [0.2, 0.25) is 0 Å². The molecule has 0 saturated carbocycles. The van der Waals surface area contributed by atoms with Gasteiger partial charge in [0.05, 0.1) is 11.4 Å². The van der Waals surface area contributed by atoms with Gasteiger partial charge in [0, 0.05) is 22.7 Å². The molecule has 0 unspecified atom stereocenters. The van der Waals surface area contributed by atoms with Crippen molar-refractivity contribution in [2.75, 3.05) is 9.80 Å². The Bertz CT molecular complexity index is 2120. The molecule has 1 aliphatic carbocycles. The number of hydrogen-bond donors (Lipinski definition) is 0. The summed E-state index contributed by atoms with van der Waals surface area (Å²) in [6.45, 7) is 23.5. The minimum absolute atomic E-state index is 0.162. The van der Waals surface area contributed by atoms with Crippen LogP contribution >= 0.6 is 0 Å². The minimum atomic E-state index is -0.162. The number of benzene rings is 6. The average Bonchev–Trinajstić information content (AvgIpc) is 3.18. The lowest BCUT2D eigenvalue weighted by molar-refractivity contribution is 0.299. The van der Waals surface area contributed by atoms with Gasteiger partial charge < -0.3 is 9.80 Å². The van der Waals surface area contributed by atoms with Crippen LogP contribution in [0.5, 0.6) is 0 Å². The number of anilines is 6. The average molecular weight is 739 g/mol. The first kappa shape index (κ1) is 39.2. The molecule has 0 saturated heterocycles. The van der Waals surface area contributed by atoms with Crippen LogP contribution in [-0.4, -0.2) is 0 Å². The Morgan fingerprint density at radius 3 is 1.07 bits per heavy atom. The number of fused-ring (bicyclic) bond motifs is 3. The SMILES string of the molecule is CCCCc1cc(C)c(N(c2ccccc2)c2ccc3c(c2)C(C)(C)C(C)(C)c2cc(N(c4ccccc4)c4c(C)cc(CCCC)cc4C)ccc2-3)c(C)c1. The summed E-state index contributed by atoms with van der Waals surface area (Å²) in [6, 6.07) is 46.0. The maximum absolute atomic E-state index is 2.49. The van der Waals surface area contributed by atoms with Gasteiger partial charge in [-0.15, -0.1) is 0 Å². The van der Waals surface area contributed by atoms with Crippen molar-refractivity contribution in [2.45, 2.75) is 119 Å². The third-order valence-corrected chi connectivity index (χ3v) is 12.9. The minimum Gasteiger partial charge on any atom is -0.310 e. The summed E-state index contributed by atoms with van der Waals surface area (Å²) in [5.41, 5.74) is 20.6. The van der Waals surface area contributed by atoms with Crippen LogP contribution in [0.2, 0.25) is 0 Å². The van der Waals surface area contributed by atoms with E-state index in [2.05, 4.69) is 200 Å². The van der Waals surface area contributed by atoms with Crippen molar-refractivity contribution < 1.29 is 0 Å². The van der Waals surface area contributed by atoms with Crippen LogP contribution < -0.4 is 9.80 Å². The van der Waals surface area contributed by atoms with E-state index in [0.717, 1.165) is 12.8 Å². The summed E-state index contributed by atoms with van der Waals surface area (Å²) >= 11 is 0. The zero-order chi connectivity index (χ0) is 39.8. The van der Waals surface area contributed by atoms with Crippen molar-refractivity contribution in [1.29, 1.82) is 0 Å². The number of nitrogens with zero attached hydrogens (tertiary/aromatic N) is 2. The molecular weight excluding hydrogens is 677 g/mol. The molecule has 0 bridgehead atoms. The molecule has 0 fully saturated rings. The lowest BCUT2D eigenvalue weighted by Gasteiger charge is -2.49. The van der Waals surface area contributed by atoms with Crippen molar-refractivity contribution in [2.24, 2.45) is 0 Å². The molecule has 2 nitrogen and oxygen atoms in total. The molecule has 2 heteroatoms. The van der Waals surface area contributed by atoms with Gasteiger partial charge in [-0.2, -0.15) is 0 Å². The summed E-state index contributed by atoms with van der Waals surface area (Å²) in [7, 11) is 0. The summed E-state index contributed by atoms with van der Waals surface area (Å²) < 4.78 is 0. The molecule has 0 aliphatic heterocycles. The highest BCUT2D eigenvalue weighted by atomic mass is 15.2. The molecule has 56 heavy (non-hydrogen) atoms. The summed E-state index contributed by atoms with van der Waals surface area (Å²) in [6.07, 6.45) is 7.10. The van der Waals surface area contributed by atoms with Gasteiger partial charge >= 0.3 is 0 Å². The van der Waals surface area contributed by atoms with Gasteiger partial charge in [0.25, 0.3) is 0 Å². The molecule has 0 heterocycles. The Hall–Kier alpha value is -5.08. The van der Waals surface area contributed by atoms with Crippen molar-refractivity contribution in [3.8, 4) is 11.1 Å². The summed E-state index contributed by atoms with van der Waals surface area (Å²) in [5, 5.41) is 0. The largest absolute Gasteiger partial charge is 0.310 e. The second kappa shape index (κ2) is 15.8. The first-order chi connectivity index (χ1) is 26.9. The standard InChI is InChI=1S/C54H62N2/c1-11-13-21-41-31-37(3)51(38(4)32-41)55(43-23-17-15-18-24-43)45-27-29-47-48-30-28-46(36-50(48)54(9,10)53(7,8)49(47)35-45)56(44-25-19-16-20-26-44)52-39(5)33-42(22-14-12-2)34-40(52)6/h15-20,23-36H,11-14,21-22H2,1-10H3. The summed E-state index contributed by atoms with van der Waals surface area (Å²) in [5.74, 6) is 0. The molecule has 0 radical (unpaired) electrons. The molecule has 0 amide bonds. The topological polar surface area (TPSA) is 6.48 Å². The lowest BCUT2D eigenvalue weighted by atomic mass is 9.55. The van der Waals surface area contributed by atoms with Gasteiger partial charge in [-0.1, -0.05) is 127 Å². The Balaban J connectivity index is 1.38. The Morgan fingerprint density at radius 2 is 0.750 bits per heavy atom. The molecule has 0 aromatic heterocycles. The first-order valence-corrected chi connectivity index (χ1v) is 21.1. The second-order valence-electron chi connectivity index (χ2n) is 17.4. The number of para-hydroxylation sites is 2. The van der Waals surface area contributed by atoms with E-state index in [1.54, 1.807) is 0 Å². The summed E-state index contributed by atoms with van der Waals surface area (Å²) in [4.78, 5) is 4.98. The van der Waals surface area contributed by atoms with Crippen LogP contribution in [-0.2, 0) is 23.7 Å². The van der Waals surface area contributed by atoms with E-state index in [4.69, 9.17) is 0 Å². The predicted octanol–water partition coefficient (Wildman–Crippen LogP) is 15.8. The van der Waals surface area contributed by atoms with Crippen molar-refractivity contribution in [1.82, 2.24) is 0 Å². The van der Waals surface area contributed by atoms with Crippen LogP contribution in [0.15, 0.2) is 121 Å². The van der Waals surface area contributed by atoms with E-state index >= 15 is 0 Å². The third kappa shape index (κ3) is 7.08. The van der Waals surface area contributed by atoms with E-state index in [-0.39, 0.29) is 10.8 Å². The Morgan fingerprint density at radius 1 is 0.411 bits per heavy atom. The molecule has 6 aromatic rings. The van der Waals surface area contributed by atoms with Crippen molar-refractivity contribution in [3.05, 3.63) is 166 Å². The van der Waals surface area contributed by atoms with Crippen LogP contribution in [0, 0.1) is 27.7 Å². The van der Waals surface area contributed by atoms with Crippen LogP contribution in [0.25, 0.3) is 11.1 Å². The van der Waals surface area contributed by atoms with Gasteiger partial charge in [0.1, 0.15) is 0 Å². The molecule has 1 aliphatic rings. The number of unbranched alkanes of at least 4 members (excludes halogenated alkanes) is 2. The zero-order valence-corrected chi connectivity index (χ0v) is 35.7. The molecular formula is C54H62N2. The maximum Gasteiger partial charge on any atom is 0.0520 e. The highest BCUT2D eigenvalue weighted by Crippen LogP contribution is 2.56. The lowest BCUT2D eigenvalue weighted by Crippen LogP contribution is -2.43. The van der Waals surface area contributed by atoms with E-state index in [0.29, 0.717) is 0 Å². The van der Waals surface area contributed by atoms with Gasteiger partial charge in [-0.25, -0.2) is 0 Å². The Kier molecular flexibility index (Phi) is 11.1. The van der Waals surface area contributed by atoms with E-state index < -0.39 is 0 Å². The Labute approximate surface area is 338 Å². The highest BCUT2D eigenvalue weighted by Gasteiger charge is 2.46. The predicted molar refractivity (Wildman–Crippen MR) is 243 cm³/mol. The fraction of sp³-hybridized carbons (Fsp3) is 0.333. The molecule has 0 spiro atoms. The van der Waals surface area contributed by atoms with Crippen molar-refractivity contribution in [3.63, 3.8) is 0 Å². The first-order valence-electron chi connectivity index (χ1n) is 21.1. The van der Waals surface area contributed by atoms with E-state index in [1.165, 1.54) is 115 Å². The highest BCUT2D eigenvalue weighted by molar-refractivity contribution is 5.88. The zero-order valence-electron chi connectivity index (χ0n) is 35.7. The van der Waals surface area contributed by atoms with Crippen LogP contribution in [0.4, 0.5) is 34.1 Å². The molecule has 288 valence electrons. The normalized spacial score (nSPS) is 13.9. The number of rotatable bonds is 12. The fourth-order valence-corrected chi connectivity index (χ4v) is 9.34. The van der Waals surface area contributed by atoms with E-state index in [1.807, 2.05) is 0 Å². The van der Waals surface area contributed by atoms with Crippen LogP contribution in [0.1, 0.15) is 112 Å². The molecule has 7 rings (SSSR count). The smallest absolute Gasteiger partial charge is 0.0520 e. The monoisotopic (exact) mass is 738 g/mol. The fourth-order valence-electron chi connectivity index (χ4n) is 9.34. The number of aryl methyl sites for hydroxylation is 6. The second-order valence-corrected chi connectivity index (χ2v) is 17.4. The number of hydrogen-bond acceptors (Lipinski definition) is 2. The van der Waals surface area contributed by atoms with Gasteiger partial charge in [0.15, 0.2) is 0 Å². The molecule has 0 atom stereocenters. The molecule has 6 aromatic carbocycles. The maximum atomic E-state index is 2.49. The van der Waals surface area contributed by atoms with Crippen LogP contribution in [0.3, 0.4) is 0 Å². The molecule has 0 N–H and O–H groups in total. The van der Waals surface area contributed by atoms with Gasteiger partial charge in [-0.05, 0) is 168 Å². The van der Waals surface area contributed by atoms with Gasteiger partial charge in [-0.3, -0.25) is 0 Å². The third-order valence-electron chi connectivity index (χ3n) is 12.9.